The van der Waals surface area contributed by atoms with Crippen LogP contribution < -0.4 is 0 Å². The summed E-state index contributed by atoms with van der Waals surface area (Å²) in [7, 11) is 0. The van der Waals surface area contributed by atoms with Crippen molar-refractivity contribution in [3.05, 3.63) is 0 Å². The van der Waals surface area contributed by atoms with Crippen molar-refractivity contribution in [2.45, 2.75) is 19.7 Å². The zero-order valence-corrected chi connectivity index (χ0v) is 5.73. The Morgan fingerprint density at radius 3 is 2.36 bits per heavy atom. The number of rotatable bonds is 1. The molecule has 5 heteroatoms. The molecule has 2 unspecified atom stereocenters. The quantitative estimate of drug-likeness (QED) is 0.491. The second-order valence-corrected chi connectivity index (χ2v) is 1.89. The van der Waals surface area contributed by atoms with Crippen LogP contribution in [0.25, 0.3) is 0 Å². The molecule has 0 radical (unpaired) electrons. The van der Waals surface area contributed by atoms with E-state index < -0.39 is 30.6 Å². The van der Waals surface area contributed by atoms with Gasteiger partial charge in [0, 0.05) is 22.5 Å². The van der Waals surface area contributed by atoms with Crippen molar-refractivity contribution < 1.29 is 22.0 Å². The summed E-state index contributed by atoms with van der Waals surface area (Å²) >= 11 is 0. The van der Waals surface area contributed by atoms with Crippen LogP contribution in [0.4, 0.5) is 0 Å². The summed E-state index contributed by atoms with van der Waals surface area (Å²) in [6.45, 7) is 1.02. The van der Waals surface area contributed by atoms with E-state index >= 15 is 0 Å². The predicted octanol–water partition coefficient (Wildman–Crippen LogP) is -0.386. The molecule has 60 valence electrons. The maximum atomic E-state index is 11.0. The van der Waals surface area contributed by atoms with E-state index in [1.807, 2.05) is 0 Å². The van der Waals surface area contributed by atoms with E-state index in [0.717, 1.165) is 6.92 Å². The topological polar surface area (TPSA) is 63.7 Å². The minimum Gasteiger partial charge on any atom is -0.331 e. The third kappa shape index (κ3) is 1.54. The van der Waals surface area contributed by atoms with Gasteiger partial charge in [-0.25, -0.2) is 4.79 Å². The van der Waals surface area contributed by atoms with Gasteiger partial charge in [0.1, 0.15) is 0 Å². The van der Waals surface area contributed by atoms with Crippen molar-refractivity contribution in [1.29, 1.82) is 0 Å². The van der Waals surface area contributed by atoms with Gasteiger partial charge < -0.3 is 4.84 Å². The monoisotopic (exact) mass is 161 g/mol. The van der Waals surface area contributed by atoms with Crippen LogP contribution in [0.15, 0.2) is 0 Å². The highest BCUT2D eigenvalue weighted by atomic mass is 16.7. The summed E-state index contributed by atoms with van der Waals surface area (Å²) in [5, 5.41) is 0.178. The van der Waals surface area contributed by atoms with Crippen LogP contribution in [-0.2, 0) is 19.2 Å². The first-order valence-corrected chi connectivity index (χ1v) is 2.86. The molecule has 2 atom stereocenters. The number of hydrogen-bond donors (Lipinski definition) is 0. The number of carbonyl (C=O) groups is 3. The molecule has 1 aliphatic heterocycles. The number of amides is 2. The standard InChI is InChI=1S/C6H7NO4/c1-4(8)11-7-5(9)2-3-6(7)10/h2-3H2,1H3/i2T,3T. The Balaban J connectivity index is 2.81. The van der Waals surface area contributed by atoms with Gasteiger partial charge in [-0.3, -0.25) is 9.59 Å². The highest BCUT2D eigenvalue weighted by molar-refractivity contribution is 6.01. The molecule has 0 aromatic heterocycles. The molecule has 0 spiro atoms. The number of imide groups is 1. The van der Waals surface area contributed by atoms with Gasteiger partial charge in [-0.1, -0.05) is 0 Å². The average molecular weight is 161 g/mol. The highest BCUT2D eigenvalue weighted by Gasteiger charge is 2.31. The minimum atomic E-state index is -1.49. The Morgan fingerprint density at radius 2 is 2.00 bits per heavy atom. The molecule has 1 rings (SSSR count). The van der Waals surface area contributed by atoms with Gasteiger partial charge >= 0.3 is 5.97 Å². The molecule has 0 aromatic rings. The van der Waals surface area contributed by atoms with Crippen LogP contribution in [0, 0.1) is 0 Å². The largest absolute Gasteiger partial charge is 0.331 e. The summed E-state index contributed by atoms with van der Waals surface area (Å²) in [5.74, 6) is -2.77. The van der Waals surface area contributed by atoms with Crippen molar-refractivity contribution in [1.82, 2.24) is 5.06 Å². The minimum absolute atomic E-state index is 0.178. The lowest BCUT2D eigenvalue weighted by Crippen LogP contribution is -2.30. The van der Waals surface area contributed by atoms with Crippen molar-refractivity contribution >= 4 is 17.8 Å². The van der Waals surface area contributed by atoms with Gasteiger partial charge in [0.15, 0.2) is 0 Å². The van der Waals surface area contributed by atoms with Crippen molar-refractivity contribution in [2.24, 2.45) is 0 Å². The fraction of sp³-hybridized carbons (Fsp3) is 0.500. The average Bonchev–Trinajstić information content (AvgIpc) is 2.22. The van der Waals surface area contributed by atoms with Crippen LogP contribution >= 0.6 is 0 Å². The molecular formula is C6H7NO4. The Bertz CT molecular complexity index is 260. The first-order valence-electron chi connectivity index (χ1n) is 4.01. The van der Waals surface area contributed by atoms with Gasteiger partial charge in [0.25, 0.3) is 11.8 Å². The summed E-state index contributed by atoms with van der Waals surface area (Å²) in [6, 6.07) is 0. The summed E-state index contributed by atoms with van der Waals surface area (Å²) in [5.41, 5.74) is 0. The van der Waals surface area contributed by atoms with E-state index in [2.05, 4.69) is 4.84 Å². The molecule has 1 heterocycles. The van der Waals surface area contributed by atoms with Gasteiger partial charge in [0.2, 0.25) is 0 Å². The summed E-state index contributed by atoms with van der Waals surface area (Å²) in [6.07, 6.45) is -2.99. The molecule has 1 fully saturated rings. The Kier molecular flexibility index (Phi) is 1.29. The van der Waals surface area contributed by atoms with Crippen molar-refractivity contribution in [3.63, 3.8) is 0 Å². The third-order valence-electron chi connectivity index (χ3n) is 0.989. The number of hydroxylamine groups is 2. The molecule has 5 nitrogen and oxygen atoms in total. The van der Waals surface area contributed by atoms with Crippen molar-refractivity contribution in [2.75, 3.05) is 0 Å². The normalized spacial score (nSPS) is 33.4. The van der Waals surface area contributed by atoms with Crippen LogP contribution in [0.2, 0.25) is 0 Å². The van der Waals surface area contributed by atoms with Crippen LogP contribution in [0.1, 0.15) is 22.5 Å². The lowest BCUT2D eigenvalue weighted by atomic mass is 10.4. The van der Waals surface area contributed by atoms with E-state index in [9.17, 15) is 14.4 Å². The van der Waals surface area contributed by atoms with E-state index in [1.54, 1.807) is 0 Å². The first-order chi connectivity index (χ1) is 5.95. The van der Waals surface area contributed by atoms with E-state index in [1.165, 1.54) is 0 Å². The summed E-state index contributed by atoms with van der Waals surface area (Å²) < 4.78 is 14.1. The maximum absolute atomic E-state index is 11.0. The molecule has 0 N–H and O–H groups in total. The summed E-state index contributed by atoms with van der Waals surface area (Å²) in [4.78, 5) is 36.6. The predicted molar refractivity (Wildman–Crippen MR) is 32.9 cm³/mol. The van der Waals surface area contributed by atoms with Gasteiger partial charge in [-0.15, -0.1) is 5.06 Å². The van der Waals surface area contributed by atoms with Gasteiger partial charge in [-0.05, 0) is 0 Å². The lowest BCUT2D eigenvalue weighted by molar-refractivity contribution is -0.195. The molecule has 0 saturated carbocycles. The zero-order chi connectivity index (χ0) is 10.2. The zero-order valence-electron chi connectivity index (χ0n) is 7.73. The highest BCUT2D eigenvalue weighted by Crippen LogP contribution is 2.11. The van der Waals surface area contributed by atoms with Crippen LogP contribution in [0.5, 0.6) is 0 Å². The molecule has 11 heavy (non-hydrogen) atoms. The smallest absolute Gasteiger partial charge is 0.330 e. The number of hydrogen-bond acceptors (Lipinski definition) is 4. The second-order valence-electron chi connectivity index (χ2n) is 1.89. The Hall–Kier alpha value is -1.39. The fourth-order valence-electron chi connectivity index (χ4n) is 0.605. The molecule has 1 saturated heterocycles. The van der Waals surface area contributed by atoms with E-state index in [0.29, 0.717) is 0 Å². The number of nitrogens with zero attached hydrogens (tertiary/aromatic N) is 1. The maximum Gasteiger partial charge on any atom is 0.330 e. The lowest BCUT2D eigenvalue weighted by Gasteiger charge is -2.09. The van der Waals surface area contributed by atoms with E-state index in [4.69, 9.17) is 2.74 Å². The van der Waals surface area contributed by atoms with Gasteiger partial charge in [0.05, 0.1) is 0 Å². The fourth-order valence-corrected chi connectivity index (χ4v) is 0.605. The molecule has 0 aromatic carbocycles. The Morgan fingerprint density at radius 1 is 1.55 bits per heavy atom. The Labute approximate surface area is 65.7 Å². The molecule has 1 aliphatic rings. The van der Waals surface area contributed by atoms with Crippen LogP contribution in [-0.4, -0.2) is 22.8 Å². The second kappa shape index (κ2) is 2.69. The van der Waals surface area contributed by atoms with Gasteiger partial charge in [-0.2, -0.15) is 0 Å². The van der Waals surface area contributed by atoms with Crippen LogP contribution in [0.3, 0.4) is 0 Å². The molecule has 0 bridgehead atoms. The SMILES string of the molecule is [3H]C1C(=O)N(OC(C)=O)C(=O)C1[3H]. The molecule has 0 aliphatic carbocycles. The number of carbonyl (C=O) groups excluding carboxylic acids is 3. The van der Waals surface area contributed by atoms with Crippen molar-refractivity contribution in [3.8, 4) is 0 Å². The third-order valence-corrected chi connectivity index (χ3v) is 0.989. The molecular weight excluding hydrogens is 150 g/mol. The molecule has 2 amide bonds. The first kappa shape index (κ1) is 5.29. The van der Waals surface area contributed by atoms with E-state index in [-0.39, 0.29) is 5.06 Å².